The summed E-state index contributed by atoms with van der Waals surface area (Å²) in [6, 6.07) is 0. The number of hydrogen-bond acceptors (Lipinski definition) is 5. The van der Waals surface area contributed by atoms with Crippen LogP contribution in [0.4, 0.5) is 0 Å². The van der Waals surface area contributed by atoms with Crippen LogP contribution in [0.5, 0.6) is 0 Å². The Hall–Kier alpha value is -1.50. The van der Waals surface area contributed by atoms with Crippen molar-refractivity contribution in [2.75, 3.05) is 98.2 Å². The van der Waals surface area contributed by atoms with E-state index in [4.69, 9.17) is 0 Å². The zero-order valence-corrected chi connectivity index (χ0v) is 75.1. The van der Waals surface area contributed by atoms with Crippen LogP contribution in [0, 0.1) is 0 Å². The molecule has 0 unspecified atom stereocenters. The molecule has 0 spiro atoms. The highest BCUT2D eigenvalue weighted by Gasteiger charge is 2.17. The molecular formula is C102H201N5. The van der Waals surface area contributed by atoms with E-state index in [1.807, 2.05) is 0 Å². The molecule has 0 aromatic rings. The summed E-state index contributed by atoms with van der Waals surface area (Å²) in [7, 11) is 0. The van der Waals surface area contributed by atoms with E-state index in [0.29, 0.717) is 0 Å². The highest BCUT2D eigenvalue weighted by atomic mass is 15.3. The third-order valence-electron chi connectivity index (χ3n) is 23.8. The van der Waals surface area contributed by atoms with E-state index in [9.17, 15) is 0 Å². The molecule has 1 aliphatic rings. The Kier molecular flexibility index (Phi) is 93.8. The standard InChI is InChI=1S/C64H126N4.C38H75N/c1-5-9-12-15-18-21-24-27-30-33-36-39-42-45-48-51-54-66(55-52-49-46-43-40-37-34-31-28-25-22-19-16-13-10-6-2)61-62-67(63-64-68-59-57-65(8-4)58-60-68)56-53-50-47-44-41-38-35-32-29-26-23-20-17-14-11-7-3;1-4-7-9-11-13-15-17-19-21-23-25-27-29-31-33-35-37-39(6-3)38-36-34-32-30-28-26-24-22-20-18-16-14-12-10-8-5-2/h27-32H,5-26,33-64H2,1-4H3;19-22H,4-18,23-38H2,1-3H3/b30-27-,31-28-,32-29-;21-19-,22-20-. The molecule has 5 heteroatoms. The first kappa shape index (κ1) is 106. The Morgan fingerprint density at radius 1 is 0.168 bits per heavy atom. The molecule has 107 heavy (non-hydrogen) atoms. The molecule has 0 aromatic heterocycles. The van der Waals surface area contributed by atoms with Crippen molar-refractivity contribution in [2.24, 2.45) is 0 Å². The lowest BCUT2D eigenvalue weighted by molar-refractivity contribution is 0.117. The van der Waals surface area contributed by atoms with Gasteiger partial charge in [0.1, 0.15) is 0 Å². The summed E-state index contributed by atoms with van der Waals surface area (Å²) in [5.41, 5.74) is 0. The summed E-state index contributed by atoms with van der Waals surface area (Å²) in [6.45, 7) is 35.3. The Bertz CT molecular complexity index is 1660. The first-order valence-electron chi connectivity index (χ1n) is 49.9. The van der Waals surface area contributed by atoms with Crippen molar-refractivity contribution in [1.82, 2.24) is 24.5 Å². The van der Waals surface area contributed by atoms with Crippen LogP contribution in [0.1, 0.15) is 498 Å². The van der Waals surface area contributed by atoms with Gasteiger partial charge in [-0.3, -0.25) is 4.90 Å². The van der Waals surface area contributed by atoms with E-state index in [2.05, 4.69) is 134 Å². The number of hydrogen-bond donors (Lipinski definition) is 0. The van der Waals surface area contributed by atoms with Gasteiger partial charge in [0.15, 0.2) is 0 Å². The number of piperazine rings is 1. The number of nitrogens with zero attached hydrogens (tertiary/aromatic N) is 5. The lowest BCUT2D eigenvalue weighted by atomic mass is 10.1. The van der Waals surface area contributed by atoms with Crippen LogP contribution in [0.25, 0.3) is 0 Å². The van der Waals surface area contributed by atoms with Gasteiger partial charge in [-0.2, -0.15) is 0 Å². The molecule has 1 heterocycles. The monoisotopic (exact) mass is 1500 g/mol. The van der Waals surface area contributed by atoms with Gasteiger partial charge in [-0.25, -0.2) is 0 Å². The van der Waals surface area contributed by atoms with Crippen molar-refractivity contribution in [3.8, 4) is 0 Å². The van der Waals surface area contributed by atoms with E-state index in [1.54, 1.807) is 0 Å². The van der Waals surface area contributed by atoms with E-state index in [1.165, 1.54) is 548 Å². The average Bonchev–Trinajstić information content (AvgIpc) is 0.919. The summed E-state index contributed by atoms with van der Waals surface area (Å²) in [5, 5.41) is 0. The highest BCUT2D eigenvalue weighted by Crippen LogP contribution is 2.19. The quantitative estimate of drug-likeness (QED) is 0.0444. The molecule has 0 atom stereocenters. The second-order valence-corrected chi connectivity index (χ2v) is 34.1. The molecule has 1 saturated heterocycles. The molecule has 634 valence electrons. The van der Waals surface area contributed by atoms with E-state index < -0.39 is 0 Å². The zero-order chi connectivity index (χ0) is 77.1. The van der Waals surface area contributed by atoms with Gasteiger partial charge in [0, 0.05) is 52.4 Å². The topological polar surface area (TPSA) is 16.2 Å². The van der Waals surface area contributed by atoms with Gasteiger partial charge in [-0.15, -0.1) is 0 Å². The zero-order valence-electron chi connectivity index (χ0n) is 75.1. The second kappa shape index (κ2) is 95.1. The van der Waals surface area contributed by atoms with Crippen LogP contribution in [0.15, 0.2) is 60.8 Å². The summed E-state index contributed by atoms with van der Waals surface area (Å²) in [4.78, 5) is 13.9. The third kappa shape index (κ3) is 86.7. The SMILES string of the molecule is CCCCCCCC/C=C\CCCCCCCCN(CC)CCCCCCCC/C=C\CCCCCCCC.CCCCCCCC/C=C\CCCCCCCCN(CCCCCCCC/C=C\CCCCCCCC)CCN(CCCCCCCC/C=C\CCCCCCCC)CCN1CCN(CC)CC1. The van der Waals surface area contributed by atoms with Crippen molar-refractivity contribution < 1.29 is 0 Å². The minimum absolute atomic E-state index is 1.21. The largest absolute Gasteiger partial charge is 0.304 e. The van der Waals surface area contributed by atoms with Crippen molar-refractivity contribution in [1.29, 1.82) is 0 Å². The predicted molar refractivity (Wildman–Crippen MR) is 491 cm³/mol. The summed E-state index contributed by atoms with van der Waals surface area (Å²) >= 11 is 0. The van der Waals surface area contributed by atoms with Crippen LogP contribution < -0.4 is 0 Å². The Labute approximate surface area is 677 Å². The minimum atomic E-state index is 1.21. The Balaban J connectivity index is 0.00000244. The van der Waals surface area contributed by atoms with Crippen LogP contribution in [0.3, 0.4) is 0 Å². The first-order valence-corrected chi connectivity index (χ1v) is 49.9. The predicted octanol–water partition coefficient (Wildman–Crippen LogP) is 32.7. The molecule has 0 N–H and O–H groups in total. The smallest absolute Gasteiger partial charge is 0.0110 e. The molecule has 1 rings (SSSR count). The van der Waals surface area contributed by atoms with Gasteiger partial charge >= 0.3 is 0 Å². The summed E-state index contributed by atoms with van der Waals surface area (Å²) in [6.07, 6.45) is 122. The van der Waals surface area contributed by atoms with E-state index in [0.717, 1.165) is 0 Å². The van der Waals surface area contributed by atoms with Crippen molar-refractivity contribution >= 4 is 0 Å². The molecule has 1 fully saturated rings. The summed E-state index contributed by atoms with van der Waals surface area (Å²) in [5.74, 6) is 0. The van der Waals surface area contributed by atoms with Crippen LogP contribution >= 0.6 is 0 Å². The highest BCUT2D eigenvalue weighted by molar-refractivity contribution is 4.85. The molecule has 0 aliphatic carbocycles. The molecule has 0 saturated carbocycles. The van der Waals surface area contributed by atoms with Crippen LogP contribution in [-0.4, -0.2) is 123 Å². The van der Waals surface area contributed by atoms with Gasteiger partial charge in [-0.1, -0.05) is 398 Å². The number of unbranched alkanes of at least 4 members (excludes halogenated alkanes) is 60. The fraction of sp³-hybridized carbons (Fsp3) is 0.902. The normalized spacial score (nSPS) is 13.4. The van der Waals surface area contributed by atoms with Crippen LogP contribution in [-0.2, 0) is 0 Å². The van der Waals surface area contributed by atoms with Crippen molar-refractivity contribution in [2.45, 2.75) is 498 Å². The fourth-order valence-corrected chi connectivity index (χ4v) is 15.9. The molecule has 0 radical (unpaired) electrons. The minimum Gasteiger partial charge on any atom is -0.304 e. The van der Waals surface area contributed by atoms with Gasteiger partial charge in [0.25, 0.3) is 0 Å². The molecule has 0 bridgehead atoms. The molecule has 0 aromatic carbocycles. The maximum absolute atomic E-state index is 2.90. The fourth-order valence-electron chi connectivity index (χ4n) is 15.9. The number of likely N-dealkylation sites (N-methyl/N-ethyl adjacent to an activating group) is 1. The molecule has 0 amide bonds. The maximum Gasteiger partial charge on any atom is 0.0110 e. The van der Waals surface area contributed by atoms with Crippen molar-refractivity contribution in [3.63, 3.8) is 0 Å². The number of rotatable bonds is 88. The summed E-state index contributed by atoms with van der Waals surface area (Å²) < 4.78 is 0. The lowest BCUT2D eigenvalue weighted by Crippen LogP contribution is -2.48. The molecular weight excluding hydrogens is 1300 g/mol. The van der Waals surface area contributed by atoms with Gasteiger partial charge in [-0.05, 0) is 206 Å². The second-order valence-electron chi connectivity index (χ2n) is 34.1. The van der Waals surface area contributed by atoms with Crippen molar-refractivity contribution in [3.05, 3.63) is 60.8 Å². The number of allylic oxidation sites excluding steroid dienone is 10. The molecule has 5 nitrogen and oxygen atoms in total. The van der Waals surface area contributed by atoms with E-state index in [-0.39, 0.29) is 0 Å². The third-order valence-corrected chi connectivity index (χ3v) is 23.8. The van der Waals surface area contributed by atoms with Gasteiger partial charge in [0.2, 0.25) is 0 Å². The first-order chi connectivity index (χ1) is 53.1. The Morgan fingerprint density at radius 3 is 0.533 bits per heavy atom. The average molecular weight is 1500 g/mol. The lowest BCUT2D eigenvalue weighted by Gasteiger charge is -2.35. The molecule has 1 aliphatic heterocycles. The van der Waals surface area contributed by atoms with E-state index >= 15 is 0 Å². The maximum atomic E-state index is 2.90. The van der Waals surface area contributed by atoms with Gasteiger partial charge < -0.3 is 19.6 Å². The van der Waals surface area contributed by atoms with Crippen LogP contribution in [0.2, 0.25) is 0 Å². The Morgan fingerprint density at radius 2 is 0.336 bits per heavy atom. The van der Waals surface area contributed by atoms with Gasteiger partial charge in [0.05, 0.1) is 0 Å².